The average molecular weight is 278 g/mol. The summed E-state index contributed by atoms with van der Waals surface area (Å²) in [5.74, 6) is 1.34. The number of ether oxygens (including phenoxy) is 1. The van der Waals surface area contributed by atoms with Crippen LogP contribution in [0.1, 0.15) is 26.2 Å². The summed E-state index contributed by atoms with van der Waals surface area (Å²) >= 11 is 0. The number of rotatable bonds is 5. The summed E-state index contributed by atoms with van der Waals surface area (Å²) in [7, 11) is 1.59. The Hall–Kier alpha value is -1.85. The number of methoxy groups -OCH3 is 1. The summed E-state index contributed by atoms with van der Waals surface area (Å²) < 4.78 is 5.12. The molecule has 0 saturated carbocycles. The van der Waals surface area contributed by atoms with E-state index in [-0.39, 0.29) is 11.8 Å². The third kappa shape index (κ3) is 3.59. The van der Waals surface area contributed by atoms with Crippen molar-refractivity contribution in [1.29, 1.82) is 0 Å². The van der Waals surface area contributed by atoms with Crippen molar-refractivity contribution in [2.45, 2.75) is 26.2 Å². The first-order valence-corrected chi connectivity index (χ1v) is 7.14. The van der Waals surface area contributed by atoms with Crippen LogP contribution in [0.5, 0.6) is 5.88 Å². The van der Waals surface area contributed by atoms with Crippen LogP contribution in [0.3, 0.4) is 0 Å². The summed E-state index contributed by atoms with van der Waals surface area (Å²) in [6, 6.07) is 1.72. The van der Waals surface area contributed by atoms with Crippen LogP contribution in [-0.2, 0) is 4.79 Å². The van der Waals surface area contributed by atoms with Gasteiger partial charge in [-0.1, -0.05) is 6.92 Å². The first-order chi connectivity index (χ1) is 9.74. The van der Waals surface area contributed by atoms with Crippen LogP contribution < -0.4 is 15.0 Å². The number of carbonyl (C=O) groups is 1. The van der Waals surface area contributed by atoms with E-state index < -0.39 is 0 Å². The zero-order valence-electron chi connectivity index (χ0n) is 12.1. The second-order valence-electron chi connectivity index (χ2n) is 4.98. The van der Waals surface area contributed by atoms with Crippen molar-refractivity contribution < 1.29 is 9.53 Å². The Bertz CT molecular complexity index is 453. The Morgan fingerprint density at radius 1 is 1.60 bits per heavy atom. The summed E-state index contributed by atoms with van der Waals surface area (Å²) in [6.45, 7) is 4.34. The van der Waals surface area contributed by atoms with Crippen LogP contribution >= 0.6 is 0 Å². The number of nitrogens with zero attached hydrogens (tertiary/aromatic N) is 3. The van der Waals surface area contributed by atoms with E-state index in [9.17, 15) is 4.79 Å². The second-order valence-corrected chi connectivity index (χ2v) is 4.98. The maximum Gasteiger partial charge on any atom is 0.228 e. The molecule has 1 amide bonds. The molecule has 1 aliphatic heterocycles. The van der Waals surface area contributed by atoms with Crippen molar-refractivity contribution in [2.24, 2.45) is 5.92 Å². The largest absolute Gasteiger partial charge is 0.481 e. The van der Waals surface area contributed by atoms with E-state index in [4.69, 9.17) is 4.74 Å². The maximum atomic E-state index is 12.1. The van der Waals surface area contributed by atoms with Gasteiger partial charge in [0.2, 0.25) is 17.7 Å². The van der Waals surface area contributed by atoms with Crippen LogP contribution in [0.2, 0.25) is 0 Å². The van der Waals surface area contributed by atoms with Crippen molar-refractivity contribution >= 4 is 11.9 Å². The van der Waals surface area contributed by atoms with E-state index >= 15 is 0 Å². The van der Waals surface area contributed by atoms with E-state index in [0.29, 0.717) is 18.4 Å². The summed E-state index contributed by atoms with van der Waals surface area (Å²) in [4.78, 5) is 22.7. The zero-order chi connectivity index (χ0) is 14.4. The monoisotopic (exact) mass is 278 g/mol. The van der Waals surface area contributed by atoms with Gasteiger partial charge in [-0.25, -0.2) is 4.98 Å². The molecule has 1 aliphatic rings. The van der Waals surface area contributed by atoms with Crippen LogP contribution in [0.25, 0.3) is 0 Å². The summed E-state index contributed by atoms with van der Waals surface area (Å²) in [5.41, 5.74) is 0. The molecule has 6 nitrogen and oxygen atoms in total. The fourth-order valence-corrected chi connectivity index (χ4v) is 2.36. The van der Waals surface area contributed by atoms with Gasteiger partial charge in [0, 0.05) is 31.9 Å². The molecule has 2 rings (SSSR count). The Labute approximate surface area is 119 Å². The zero-order valence-corrected chi connectivity index (χ0v) is 12.1. The SMILES string of the molecule is CCCNC(=O)C1CCCN(c2nccc(OC)n2)C1. The standard InChI is InChI=1S/C14H22N4O2/c1-3-7-15-13(19)11-5-4-9-18(10-11)14-16-8-6-12(17-14)20-2/h6,8,11H,3-5,7,9-10H2,1-2H3,(H,15,19). The highest BCUT2D eigenvalue weighted by Gasteiger charge is 2.26. The van der Waals surface area contributed by atoms with Crippen LogP contribution in [0.4, 0.5) is 5.95 Å². The number of hydrogen-bond acceptors (Lipinski definition) is 5. The van der Waals surface area contributed by atoms with Gasteiger partial charge in [-0.05, 0) is 19.3 Å². The molecular formula is C14H22N4O2. The summed E-state index contributed by atoms with van der Waals surface area (Å²) in [6.07, 6.45) is 4.55. The Morgan fingerprint density at radius 2 is 2.45 bits per heavy atom. The van der Waals surface area contributed by atoms with Crippen LogP contribution in [0.15, 0.2) is 12.3 Å². The Morgan fingerprint density at radius 3 is 3.20 bits per heavy atom. The van der Waals surface area contributed by atoms with E-state index in [2.05, 4.69) is 27.1 Å². The molecule has 0 bridgehead atoms. The maximum absolute atomic E-state index is 12.1. The third-order valence-electron chi connectivity index (χ3n) is 3.45. The van der Waals surface area contributed by atoms with Gasteiger partial charge < -0.3 is 15.0 Å². The van der Waals surface area contributed by atoms with Crippen LogP contribution in [-0.4, -0.2) is 42.6 Å². The van der Waals surface area contributed by atoms with E-state index in [1.807, 2.05) is 0 Å². The Balaban J connectivity index is 2.00. The number of carbonyl (C=O) groups excluding carboxylic acids is 1. The van der Waals surface area contributed by atoms with Crippen molar-refractivity contribution in [2.75, 3.05) is 31.6 Å². The molecule has 1 saturated heterocycles. The Kier molecular flexibility index (Phi) is 5.15. The fourth-order valence-electron chi connectivity index (χ4n) is 2.36. The van der Waals surface area contributed by atoms with Gasteiger partial charge >= 0.3 is 0 Å². The quantitative estimate of drug-likeness (QED) is 0.877. The third-order valence-corrected chi connectivity index (χ3v) is 3.45. The van der Waals surface area contributed by atoms with E-state index in [0.717, 1.165) is 32.4 Å². The van der Waals surface area contributed by atoms with Gasteiger partial charge in [-0.3, -0.25) is 4.79 Å². The van der Waals surface area contributed by atoms with Gasteiger partial charge in [0.1, 0.15) is 0 Å². The summed E-state index contributed by atoms with van der Waals surface area (Å²) in [5, 5.41) is 2.97. The molecule has 6 heteroatoms. The lowest BCUT2D eigenvalue weighted by molar-refractivity contribution is -0.125. The van der Waals surface area contributed by atoms with Crippen LogP contribution in [0, 0.1) is 5.92 Å². The number of piperidine rings is 1. The minimum absolute atomic E-state index is 0.0186. The van der Waals surface area contributed by atoms with Gasteiger partial charge in [-0.2, -0.15) is 4.98 Å². The highest BCUT2D eigenvalue weighted by Crippen LogP contribution is 2.21. The lowest BCUT2D eigenvalue weighted by atomic mass is 9.97. The van der Waals surface area contributed by atoms with E-state index in [1.54, 1.807) is 19.4 Å². The minimum Gasteiger partial charge on any atom is -0.481 e. The van der Waals surface area contributed by atoms with Gasteiger partial charge in [0.05, 0.1) is 13.0 Å². The highest BCUT2D eigenvalue weighted by atomic mass is 16.5. The first-order valence-electron chi connectivity index (χ1n) is 7.14. The molecule has 1 atom stereocenters. The molecule has 1 unspecified atom stereocenters. The molecular weight excluding hydrogens is 256 g/mol. The lowest BCUT2D eigenvalue weighted by Gasteiger charge is -2.32. The molecule has 0 spiro atoms. The second kappa shape index (κ2) is 7.07. The topological polar surface area (TPSA) is 67.4 Å². The van der Waals surface area contributed by atoms with Crippen molar-refractivity contribution in [1.82, 2.24) is 15.3 Å². The molecule has 110 valence electrons. The van der Waals surface area contributed by atoms with E-state index in [1.165, 1.54) is 0 Å². The van der Waals surface area contributed by atoms with Crippen molar-refractivity contribution in [3.8, 4) is 5.88 Å². The number of nitrogens with one attached hydrogen (secondary N) is 1. The van der Waals surface area contributed by atoms with Gasteiger partial charge in [0.15, 0.2) is 0 Å². The number of hydrogen-bond donors (Lipinski definition) is 1. The van der Waals surface area contributed by atoms with Crippen molar-refractivity contribution in [3.05, 3.63) is 12.3 Å². The molecule has 1 N–H and O–H groups in total. The first kappa shape index (κ1) is 14.6. The highest BCUT2D eigenvalue weighted by molar-refractivity contribution is 5.79. The molecule has 1 fully saturated rings. The lowest BCUT2D eigenvalue weighted by Crippen LogP contribution is -2.43. The molecule has 20 heavy (non-hydrogen) atoms. The molecule has 2 heterocycles. The van der Waals surface area contributed by atoms with Gasteiger partial charge in [-0.15, -0.1) is 0 Å². The smallest absolute Gasteiger partial charge is 0.228 e. The fraction of sp³-hybridized carbons (Fsp3) is 0.643. The average Bonchev–Trinajstić information content (AvgIpc) is 2.52. The minimum atomic E-state index is 0.0186. The normalized spacial score (nSPS) is 18.7. The predicted molar refractivity (Wildman–Crippen MR) is 76.8 cm³/mol. The molecule has 1 aromatic rings. The number of aromatic nitrogens is 2. The van der Waals surface area contributed by atoms with Gasteiger partial charge in [0.25, 0.3) is 0 Å². The number of amides is 1. The molecule has 0 radical (unpaired) electrons. The molecule has 0 aliphatic carbocycles. The number of anilines is 1. The predicted octanol–water partition coefficient (Wildman–Crippen LogP) is 1.23. The molecule has 1 aromatic heterocycles. The van der Waals surface area contributed by atoms with Crippen molar-refractivity contribution in [3.63, 3.8) is 0 Å². The molecule has 0 aromatic carbocycles.